The Hall–Kier alpha value is -0.950. The van der Waals surface area contributed by atoms with E-state index < -0.39 is 70.3 Å². The third-order valence-corrected chi connectivity index (χ3v) is 9.11. The summed E-state index contributed by atoms with van der Waals surface area (Å²) in [5.41, 5.74) is 3.28. The summed E-state index contributed by atoms with van der Waals surface area (Å²) in [7, 11) is 0. The molecule has 1 unspecified atom stereocenters. The van der Waals surface area contributed by atoms with E-state index in [4.69, 9.17) is 5.73 Å². The Morgan fingerprint density at radius 3 is 2.43 bits per heavy atom. The van der Waals surface area contributed by atoms with Gasteiger partial charge >= 0.3 is 88.7 Å². The number of nitrogens with one attached hydrogen (secondary N) is 2. The number of anilines is 1. The Morgan fingerprint density at radius 1 is 1.17 bits per heavy atom. The molecule has 2 aromatic rings. The molecule has 4 N–H and O–H groups in total. The molecule has 1 saturated heterocycles. The average Bonchev–Trinajstić information content (AvgIpc) is 3.47. The maximum atomic E-state index is 12.9. The van der Waals surface area contributed by atoms with Gasteiger partial charge in [-0.3, -0.25) is 23.7 Å². The van der Waals surface area contributed by atoms with Gasteiger partial charge in [-0.1, -0.05) is 16.7 Å². The number of amides is 2. The van der Waals surface area contributed by atoms with E-state index >= 15 is 0 Å². The summed E-state index contributed by atoms with van der Waals surface area (Å²) >= 11 is 3.44. The van der Waals surface area contributed by atoms with Crippen LogP contribution >= 0.6 is 46.6 Å². The van der Waals surface area contributed by atoms with Gasteiger partial charge in [-0.15, -0.1) is 23.5 Å². The third-order valence-electron chi connectivity index (χ3n) is 4.98. The molecule has 4 rings (SSSR count). The van der Waals surface area contributed by atoms with Crippen molar-refractivity contribution in [2.75, 3.05) is 23.8 Å². The van der Waals surface area contributed by atoms with Crippen LogP contribution < -0.4 is 121 Å². The van der Waals surface area contributed by atoms with Crippen molar-refractivity contribution < 1.29 is 133 Å². The van der Waals surface area contributed by atoms with Gasteiger partial charge in [-0.25, -0.2) is 0 Å². The topological polar surface area (TPSA) is 276 Å². The first-order valence-electron chi connectivity index (χ1n) is 10.2. The van der Waals surface area contributed by atoms with Crippen LogP contribution in [0.3, 0.4) is 0 Å². The maximum absolute atomic E-state index is 12.9. The number of aromatic nitrogens is 3. The fourth-order valence-electron chi connectivity index (χ4n) is 3.37. The minimum Gasteiger partial charge on any atom is -0.546 e. The molecule has 0 aromatic carbocycles. The second-order valence-electron chi connectivity index (χ2n) is 7.41. The Balaban J connectivity index is 0.00000294. The molecule has 0 spiro atoms. The number of β-lactam (4-membered cyclic amide) rings is 1. The number of aromatic carboxylic acids is 1. The molecule has 0 radical (unpaired) electrons. The van der Waals surface area contributed by atoms with Crippen molar-refractivity contribution in [2.45, 2.75) is 15.6 Å². The minimum atomic E-state index is -1.69. The molecule has 2 aliphatic heterocycles. The van der Waals surface area contributed by atoms with Crippen LogP contribution in [-0.2, 0) is 24.0 Å². The number of hydrogen-bond donors (Lipinski definition) is 3. The molecule has 0 bridgehead atoms. The Bertz CT molecular complexity index is 1510. The summed E-state index contributed by atoms with van der Waals surface area (Å²) < 4.78 is 6.14. The molecular formula is C18H12N7Na3O10S4. The van der Waals surface area contributed by atoms with E-state index in [0.717, 1.165) is 40.0 Å². The quantitative estimate of drug-likeness (QED) is 0.0652. The predicted molar refractivity (Wildman–Crippen MR) is 129 cm³/mol. The number of carbonyl (C=O) groups excluding carboxylic acids is 5. The normalized spacial score (nSPS) is 17.5. The largest absolute Gasteiger partial charge is 1.00 e. The molecule has 206 valence electrons. The number of H-pyrrole nitrogens is 1. The van der Waals surface area contributed by atoms with E-state index in [0.29, 0.717) is 11.5 Å². The summed E-state index contributed by atoms with van der Waals surface area (Å²) in [5.74, 6) is -7.12. The molecule has 0 aliphatic carbocycles. The standard InChI is InChI=1S/C18H15N7O10S4.3Na/c19-18-21-10(23-39-18)7(22-35-1-5(26)27)12(29)20-8-13(30)25-9(16(33)34)4(2-36-14(8)25)3-37-17-6(15(31)32)11(28)24-38-17;;;/h8,14H,1-3H2,(H,20,29)(H,24,28)(H,26,27)(H,31,32)(H,33,34)(H2,19,21,23);;;/q;3*+1/p-3/t8?,14-;;;/m0.../s1. The zero-order valence-electron chi connectivity index (χ0n) is 21.9. The van der Waals surface area contributed by atoms with Crippen molar-refractivity contribution in [1.29, 1.82) is 0 Å². The van der Waals surface area contributed by atoms with Crippen molar-refractivity contribution in [3.8, 4) is 0 Å². The van der Waals surface area contributed by atoms with Crippen molar-refractivity contribution in [3.05, 3.63) is 33.0 Å². The summed E-state index contributed by atoms with van der Waals surface area (Å²) in [6.07, 6.45) is 0. The molecule has 2 aliphatic rings. The molecule has 0 saturated carbocycles. The maximum Gasteiger partial charge on any atom is 1.00 e. The minimum absolute atomic E-state index is 0. The van der Waals surface area contributed by atoms with Crippen LogP contribution in [-0.4, -0.2) is 83.6 Å². The first-order valence-corrected chi connectivity index (χ1v) is 13.9. The number of nitrogens with zero attached hydrogens (tertiary/aromatic N) is 4. The number of nitrogen functional groups attached to an aromatic ring is 1. The average molecular weight is 684 g/mol. The predicted octanol–water partition coefficient (Wildman–Crippen LogP) is -14.1. The third kappa shape index (κ3) is 8.61. The SMILES string of the molecule is Nc1nc(C(=NOCC(=O)[O-])C(=O)NC2C(=O)N3C(C(=O)[O-])=C(CSc4s[nH]c(=O)c4C(=O)[O-])CS[C@@H]23)ns1.[Na+].[Na+].[Na+]. The Labute approximate surface area is 317 Å². The van der Waals surface area contributed by atoms with Crippen molar-refractivity contribution in [3.63, 3.8) is 0 Å². The second-order valence-corrected chi connectivity index (χ2v) is 11.4. The van der Waals surface area contributed by atoms with E-state index in [9.17, 15) is 44.1 Å². The van der Waals surface area contributed by atoms with E-state index in [1.807, 2.05) is 0 Å². The van der Waals surface area contributed by atoms with Gasteiger partial charge < -0.3 is 45.6 Å². The van der Waals surface area contributed by atoms with Gasteiger partial charge in [0.2, 0.25) is 11.5 Å². The first-order chi connectivity index (χ1) is 18.5. The van der Waals surface area contributed by atoms with Gasteiger partial charge in [0.15, 0.2) is 11.7 Å². The zero-order valence-corrected chi connectivity index (χ0v) is 31.1. The Morgan fingerprint density at radius 2 is 1.86 bits per heavy atom. The summed E-state index contributed by atoms with van der Waals surface area (Å²) in [6.45, 7) is -0.990. The number of nitrogens with two attached hydrogens (primary N) is 1. The molecule has 2 aromatic heterocycles. The molecule has 17 nitrogen and oxygen atoms in total. The smallest absolute Gasteiger partial charge is 0.546 e. The fourth-order valence-corrected chi connectivity index (χ4v) is 7.25. The fraction of sp³-hybridized carbons (Fsp3) is 0.278. The molecular weight excluding hydrogens is 671 g/mol. The second kappa shape index (κ2) is 16.9. The number of fused-ring (bicyclic) bond motifs is 1. The van der Waals surface area contributed by atoms with Crippen LogP contribution in [0.4, 0.5) is 5.13 Å². The number of oxime groups is 1. The molecule has 4 heterocycles. The van der Waals surface area contributed by atoms with Gasteiger partial charge in [0.05, 0.1) is 33.4 Å². The number of aliphatic carboxylic acids is 2. The van der Waals surface area contributed by atoms with E-state index in [1.165, 1.54) is 0 Å². The van der Waals surface area contributed by atoms with Crippen LogP contribution in [0.5, 0.6) is 0 Å². The number of carbonyl (C=O) groups is 5. The van der Waals surface area contributed by atoms with E-state index in [1.54, 1.807) is 0 Å². The zero-order chi connectivity index (χ0) is 28.4. The molecule has 24 heteroatoms. The van der Waals surface area contributed by atoms with Crippen LogP contribution in [0.1, 0.15) is 16.2 Å². The van der Waals surface area contributed by atoms with Gasteiger partial charge in [-0.05, 0) is 5.57 Å². The van der Waals surface area contributed by atoms with Crippen molar-refractivity contribution >= 4 is 87.2 Å². The van der Waals surface area contributed by atoms with Gasteiger partial charge in [0.1, 0.15) is 11.4 Å². The molecule has 2 amide bonds. The summed E-state index contributed by atoms with van der Waals surface area (Å²) in [4.78, 5) is 80.5. The van der Waals surface area contributed by atoms with Gasteiger partial charge in [0, 0.05) is 23.0 Å². The number of carboxylic acids is 3. The van der Waals surface area contributed by atoms with Crippen molar-refractivity contribution in [2.24, 2.45) is 5.16 Å². The molecule has 42 heavy (non-hydrogen) atoms. The van der Waals surface area contributed by atoms with Crippen molar-refractivity contribution in [1.82, 2.24) is 23.9 Å². The number of thioether (sulfide) groups is 2. The summed E-state index contributed by atoms with van der Waals surface area (Å²) in [5, 5.41) is 38.7. The van der Waals surface area contributed by atoms with Crippen LogP contribution in [0.15, 0.2) is 25.4 Å². The number of aromatic amines is 1. The van der Waals surface area contributed by atoms with Gasteiger partial charge in [-0.2, -0.15) is 9.36 Å². The summed E-state index contributed by atoms with van der Waals surface area (Å²) in [6, 6.07) is -1.21. The first kappa shape index (κ1) is 39.1. The number of rotatable bonds is 11. The number of hydrogen-bond acceptors (Lipinski definition) is 18. The van der Waals surface area contributed by atoms with E-state index in [2.05, 4.69) is 29.0 Å². The van der Waals surface area contributed by atoms with Crippen LogP contribution in [0, 0.1) is 0 Å². The molecule has 1 fully saturated rings. The van der Waals surface area contributed by atoms with Gasteiger partial charge in [0.25, 0.3) is 17.4 Å². The monoisotopic (exact) mass is 683 g/mol. The van der Waals surface area contributed by atoms with Crippen LogP contribution in [0.2, 0.25) is 0 Å². The molecule has 2 atom stereocenters. The van der Waals surface area contributed by atoms with Crippen LogP contribution in [0.25, 0.3) is 0 Å². The Kier molecular flexibility index (Phi) is 15.8. The van der Waals surface area contributed by atoms with E-state index in [-0.39, 0.29) is 121 Å². The number of carboxylic acid groups (broad SMARTS) is 3.